The molecule has 0 atom stereocenters. The van der Waals surface area contributed by atoms with Crippen LogP contribution >= 0.6 is 34.3 Å². The largest absolute Gasteiger partial charge is 0.333 e. The lowest BCUT2D eigenvalue weighted by Gasteiger charge is -2.19. The molecule has 0 fully saturated rings. The Morgan fingerprint density at radius 3 is 2.88 bits per heavy atom. The van der Waals surface area contributed by atoms with Crippen LogP contribution in [-0.4, -0.2) is 26.9 Å². The van der Waals surface area contributed by atoms with Crippen molar-refractivity contribution in [2.75, 3.05) is 6.54 Å². The highest BCUT2D eigenvalue weighted by atomic mass is 35.5. The minimum Gasteiger partial charge on any atom is -0.333 e. The van der Waals surface area contributed by atoms with Crippen molar-refractivity contribution in [2.24, 2.45) is 0 Å². The molecule has 1 aliphatic rings. The van der Waals surface area contributed by atoms with Gasteiger partial charge in [0.05, 0.1) is 21.1 Å². The lowest BCUT2D eigenvalue weighted by Crippen LogP contribution is -2.29. The van der Waals surface area contributed by atoms with Crippen LogP contribution in [0.2, 0.25) is 4.34 Å². The first-order valence-electron chi connectivity index (χ1n) is 8.56. The zero-order valence-electron chi connectivity index (χ0n) is 14.5. The molecule has 4 rings (SSSR count). The van der Waals surface area contributed by atoms with Crippen molar-refractivity contribution < 1.29 is 4.79 Å². The molecule has 8 heteroatoms. The molecule has 0 unspecified atom stereocenters. The van der Waals surface area contributed by atoms with Gasteiger partial charge in [0.2, 0.25) is 0 Å². The Morgan fingerprint density at radius 1 is 1.38 bits per heavy atom. The molecule has 4 heterocycles. The monoisotopic (exact) mass is 407 g/mol. The van der Waals surface area contributed by atoms with E-state index in [0.717, 1.165) is 35.7 Å². The molecule has 0 saturated carbocycles. The fraction of sp³-hybridized carbons (Fsp3) is 0.389. The van der Waals surface area contributed by atoms with Gasteiger partial charge in [0, 0.05) is 24.4 Å². The first-order valence-corrected chi connectivity index (χ1v) is 10.6. The summed E-state index contributed by atoms with van der Waals surface area (Å²) in [7, 11) is 0. The molecule has 0 spiro atoms. The van der Waals surface area contributed by atoms with Gasteiger partial charge in [-0.1, -0.05) is 11.6 Å². The van der Waals surface area contributed by atoms with Crippen LogP contribution in [0.5, 0.6) is 0 Å². The second-order valence-corrected chi connectivity index (χ2v) is 9.15. The Kier molecular flexibility index (Phi) is 4.62. The maximum atomic E-state index is 13.1. The van der Waals surface area contributed by atoms with Crippen molar-refractivity contribution in [1.29, 1.82) is 0 Å². The standard InChI is InChI=1S/C18H18ClN3O2S2/c1-3-21(9-11-6-7-12(19)25-11)18(24)15-10(2)14-16(26-15)20-13-5-4-8-22(13)17(14)23/h6-7H,3-5,8-9H2,1-2H3. The number of rotatable bonds is 4. The number of thiophene rings is 2. The Balaban J connectivity index is 1.73. The number of nitrogens with zero attached hydrogens (tertiary/aromatic N) is 3. The SMILES string of the molecule is CCN(Cc1ccc(Cl)s1)C(=O)c1sc2nc3n(c(=O)c2c1C)CCC3. The molecule has 5 nitrogen and oxygen atoms in total. The molecule has 0 aromatic carbocycles. The van der Waals surface area contributed by atoms with Crippen molar-refractivity contribution in [3.8, 4) is 0 Å². The Hall–Kier alpha value is -1.70. The highest BCUT2D eigenvalue weighted by Gasteiger charge is 2.25. The van der Waals surface area contributed by atoms with Crippen molar-refractivity contribution in [1.82, 2.24) is 14.5 Å². The van der Waals surface area contributed by atoms with E-state index in [0.29, 0.717) is 32.5 Å². The van der Waals surface area contributed by atoms with Crippen LogP contribution in [0.25, 0.3) is 10.2 Å². The van der Waals surface area contributed by atoms with Crippen molar-refractivity contribution in [3.05, 3.63) is 48.0 Å². The molecular weight excluding hydrogens is 390 g/mol. The summed E-state index contributed by atoms with van der Waals surface area (Å²) in [6, 6.07) is 3.79. The molecule has 0 saturated heterocycles. The highest BCUT2D eigenvalue weighted by molar-refractivity contribution is 7.20. The molecule has 0 radical (unpaired) electrons. The second kappa shape index (κ2) is 6.79. The van der Waals surface area contributed by atoms with Crippen LogP contribution in [0.3, 0.4) is 0 Å². The third-order valence-corrected chi connectivity index (χ3v) is 7.14. The average Bonchev–Trinajstić information content (AvgIpc) is 3.32. The maximum absolute atomic E-state index is 13.1. The summed E-state index contributed by atoms with van der Waals surface area (Å²) in [4.78, 5) is 34.7. The summed E-state index contributed by atoms with van der Waals surface area (Å²) in [6.07, 6.45) is 1.78. The van der Waals surface area contributed by atoms with Crippen LogP contribution in [-0.2, 0) is 19.5 Å². The minimum atomic E-state index is -0.0536. The van der Waals surface area contributed by atoms with Gasteiger partial charge in [-0.05, 0) is 38.0 Å². The number of aromatic nitrogens is 2. The Morgan fingerprint density at radius 2 is 2.19 bits per heavy atom. The summed E-state index contributed by atoms with van der Waals surface area (Å²) < 4.78 is 2.47. The fourth-order valence-corrected chi connectivity index (χ4v) is 5.64. The van der Waals surface area contributed by atoms with Crippen LogP contribution in [0.15, 0.2) is 16.9 Å². The maximum Gasteiger partial charge on any atom is 0.264 e. The topological polar surface area (TPSA) is 55.2 Å². The van der Waals surface area contributed by atoms with Crippen molar-refractivity contribution in [2.45, 2.75) is 39.8 Å². The number of carbonyl (C=O) groups is 1. The number of halogens is 1. The molecule has 0 bridgehead atoms. The molecule has 0 aliphatic carbocycles. The van der Waals surface area contributed by atoms with E-state index in [1.54, 1.807) is 9.47 Å². The van der Waals surface area contributed by atoms with Gasteiger partial charge in [-0.15, -0.1) is 22.7 Å². The first-order chi connectivity index (χ1) is 12.5. The molecule has 26 heavy (non-hydrogen) atoms. The quantitative estimate of drug-likeness (QED) is 0.654. The Bertz CT molecular complexity index is 1070. The lowest BCUT2D eigenvalue weighted by atomic mass is 10.2. The van der Waals surface area contributed by atoms with E-state index in [1.165, 1.54) is 22.7 Å². The molecule has 3 aromatic heterocycles. The zero-order chi connectivity index (χ0) is 18.4. The van der Waals surface area contributed by atoms with Crippen LogP contribution < -0.4 is 5.56 Å². The molecule has 1 aliphatic heterocycles. The van der Waals surface area contributed by atoms with E-state index in [2.05, 4.69) is 4.98 Å². The van der Waals surface area contributed by atoms with E-state index in [1.807, 2.05) is 26.0 Å². The first kappa shape index (κ1) is 17.7. The van der Waals surface area contributed by atoms with E-state index >= 15 is 0 Å². The Labute approximate surface area is 163 Å². The molecule has 3 aromatic rings. The summed E-state index contributed by atoms with van der Waals surface area (Å²) in [5, 5.41) is 0.597. The van der Waals surface area contributed by atoms with Crippen molar-refractivity contribution >= 4 is 50.4 Å². The number of aryl methyl sites for hydroxylation is 2. The third-order valence-electron chi connectivity index (χ3n) is 4.75. The predicted molar refractivity (Wildman–Crippen MR) is 107 cm³/mol. The van der Waals surface area contributed by atoms with Crippen LogP contribution in [0, 0.1) is 6.92 Å². The van der Waals surface area contributed by atoms with Gasteiger partial charge in [-0.2, -0.15) is 0 Å². The third kappa shape index (κ3) is 2.88. The number of hydrogen-bond donors (Lipinski definition) is 0. The normalized spacial score (nSPS) is 13.3. The molecule has 136 valence electrons. The minimum absolute atomic E-state index is 0.0108. The number of fused-ring (bicyclic) bond motifs is 2. The van der Waals surface area contributed by atoms with E-state index < -0.39 is 0 Å². The van der Waals surface area contributed by atoms with Crippen LogP contribution in [0.1, 0.15) is 39.3 Å². The van der Waals surface area contributed by atoms with Gasteiger partial charge in [-0.25, -0.2) is 4.98 Å². The molecule has 1 amide bonds. The predicted octanol–water partition coefficient (Wildman–Crippen LogP) is 4.09. The van der Waals surface area contributed by atoms with Gasteiger partial charge < -0.3 is 4.90 Å². The van der Waals surface area contributed by atoms with E-state index in [-0.39, 0.29) is 11.5 Å². The average molecular weight is 408 g/mol. The smallest absolute Gasteiger partial charge is 0.264 e. The number of hydrogen-bond acceptors (Lipinski definition) is 5. The van der Waals surface area contributed by atoms with E-state index in [9.17, 15) is 9.59 Å². The lowest BCUT2D eigenvalue weighted by molar-refractivity contribution is 0.0758. The van der Waals surface area contributed by atoms with Crippen LogP contribution in [0.4, 0.5) is 0 Å². The summed E-state index contributed by atoms with van der Waals surface area (Å²) in [5.74, 6) is 0.783. The van der Waals surface area contributed by atoms with Gasteiger partial charge >= 0.3 is 0 Å². The summed E-state index contributed by atoms with van der Waals surface area (Å²) >= 11 is 8.81. The van der Waals surface area contributed by atoms with Gasteiger partial charge in [-0.3, -0.25) is 14.2 Å². The van der Waals surface area contributed by atoms with Gasteiger partial charge in [0.15, 0.2) is 0 Å². The number of amides is 1. The fourth-order valence-electron chi connectivity index (χ4n) is 3.37. The van der Waals surface area contributed by atoms with Gasteiger partial charge in [0.1, 0.15) is 10.7 Å². The number of carbonyl (C=O) groups excluding carboxylic acids is 1. The summed E-state index contributed by atoms with van der Waals surface area (Å²) in [5.41, 5.74) is 0.737. The second-order valence-electron chi connectivity index (χ2n) is 6.35. The zero-order valence-corrected chi connectivity index (χ0v) is 16.9. The van der Waals surface area contributed by atoms with Crippen molar-refractivity contribution in [3.63, 3.8) is 0 Å². The van der Waals surface area contributed by atoms with E-state index in [4.69, 9.17) is 11.6 Å². The molecule has 0 N–H and O–H groups in total. The highest BCUT2D eigenvalue weighted by Crippen LogP contribution is 2.30. The molecular formula is C18H18ClN3O2S2. The summed E-state index contributed by atoms with van der Waals surface area (Å²) in [6.45, 7) is 5.63. The van der Waals surface area contributed by atoms with Gasteiger partial charge in [0.25, 0.3) is 11.5 Å².